The number of methoxy groups -OCH3 is 2. The van der Waals surface area contributed by atoms with Crippen LogP contribution in [0.3, 0.4) is 0 Å². The molecule has 4 heteroatoms. The summed E-state index contributed by atoms with van der Waals surface area (Å²) in [7, 11) is 3.02. The Bertz CT molecular complexity index is 638. The highest BCUT2D eigenvalue weighted by Gasteiger charge is 2.11. The normalized spacial score (nSPS) is 10.0. The molecule has 0 unspecified atom stereocenters. The second-order valence-corrected chi connectivity index (χ2v) is 4.71. The largest absolute Gasteiger partial charge is 0.495 e. The van der Waals surface area contributed by atoms with Gasteiger partial charge in [0.1, 0.15) is 5.75 Å². The van der Waals surface area contributed by atoms with E-state index in [2.05, 4.69) is 5.32 Å². The molecule has 0 atom stereocenters. The average Bonchev–Trinajstić information content (AvgIpc) is 2.52. The van der Waals surface area contributed by atoms with E-state index in [-0.39, 0.29) is 5.97 Å². The zero-order valence-electron chi connectivity index (χ0n) is 12.5. The maximum absolute atomic E-state index is 11.7. The van der Waals surface area contributed by atoms with Crippen molar-refractivity contribution in [1.29, 1.82) is 0 Å². The van der Waals surface area contributed by atoms with Crippen molar-refractivity contribution in [3.63, 3.8) is 0 Å². The number of hydrogen-bond acceptors (Lipinski definition) is 4. The molecular formula is C17H19NO3. The third kappa shape index (κ3) is 3.54. The Morgan fingerprint density at radius 3 is 2.62 bits per heavy atom. The van der Waals surface area contributed by atoms with E-state index in [0.717, 1.165) is 22.6 Å². The monoisotopic (exact) mass is 285 g/mol. The molecule has 0 heterocycles. The summed E-state index contributed by atoms with van der Waals surface area (Å²) in [6.07, 6.45) is 0. The molecule has 0 bridgehead atoms. The van der Waals surface area contributed by atoms with Crippen molar-refractivity contribution in [3.8, 4) is 5.75 Å². The van der Waals surface area contributed by atoms with E-state index in [1.165, 1.54) is 7.11 Å². The first-order valence-electron chi connectivity index (χ1n) is 6.70. The van der Waals surface area contributed by atoms with Gasteiger partial charge < -0.3 is 14.8 Å². The predicted molar refractivity (Wildman–Crippen MR) is 82.8 cm³/mol. The minimum atomic E-state index is -0.330. The summed E-state index contributed by atoms with van der Waals surface area (Å²) in [5, 5.41) is 3.31. The van der Waals surface area contributed by atoms with Gasteiger partial charge >= 0.3 is 5.97 Å². The number of carbonyl (C=O) groups excluding carboxylic acids is 1. The summed E-state index contributed by atoms with van der Waals surface area (Å²) in [5.41, 5.74) is 3.49. The highest BCUT2D eigenvalue weighted by molar-refractivity contribution is 5.91. The van der Waals surface area contributed by atoms with E-state index >= 15 is 0 Å². The van der Waals surface area contributed by atoms with Gasteiger partial charge in [-0.2, -0.15) is 0 Å². The van der Waals surface area contributed by atoms with Gasteiger partial charge in [-0.05, 0) is 36.2 Å². The first-order chi connectivity index (χ1) is 10.2. The third-order valence-corrected chi connectivity index (χ3v) is 3.25. The molecule has 2 aromatic carbocycles. The van der Waals surface area contributed by atoms with Crippen LogP contribution in [0.5, 0.6) is 5.75 Å². The van der Waals surface area contributed by atoms with E-state index in [1.54, 1.807) is 13.2 Å². The van der Waals surface area contributed by atoms with E-state index in [4.69, 9.17) is 9.47 Å². The molecule has 4 nitrogen and oxygen atoms in total. The lowest BCUT2D eigenvalue weighted by Crippen LogP contribution is -2.09. The molecule has 0 spiro atoms. The maximum atomic E-state index is 11.7. The third-order valence-electron chi connectivity index (χ3n) is 3.25. The van der Waals surface area contributed by atoms with Crippen molar-refractivity contribution in [2.24, 2.45) is 0 Å². The minimum absolute atomic E-state index is 0.330. The molecule has 0 saturated heterocycles. The van der Waals surface area contributed by atoms with E-state index < -0.39 is 0 Å². The summed E-state index contributed by atoms with van der Waals surface area (Å²) < 4.78 is 10.1. The van der Waals surface area contributed by atoms with Gasteiger partial charge in [0.15, 0.2) is 0 Å². The Balaban J connectivity index is 2.21. The first kappa shape index (κ1) is 14.9. The fourth-order valence-corrected chi connectivity index (χ4v) is 2.13. The Morgan fingerprint density at radius 2 is 1.90 bits per heavy atom. The molecule has 0 saturated carbocycles. The summed E-state index contributed by atoms with van der Waals surface area (Å²) in [6, 6.07) is 13.3. The number of esters is 1. The van der Waals surface area contributed by atoms with Gasteiger partial charge in [0.2, 0.25) is 0 Å². The Hall–Kier alpha value is -2.49. The standard InChI is InChI=1S/C17H19NO3/c1-12-8-9-16(20-2)15(10-12)18-11-13-6-4-5-7-14(13)17(19)21-3/h4-10,18H,11H2,1-3H3. The topological polar surface area (TPSA) is 47.6 Å². The number of hydrogen-bond donors (Lipinski definition) is 1. The van der Waals surface area contributed by atoms with Crippen molar-refractivity contribution < 1.29 is 14.3 Å². The van der Waals surface area contributed by atoms with Crippen LogP contribution in [0.25, 0.3) is 0 Å². The number of carbonyl (C=O) groups is 1. The van der Waals surface area contributed by atoms with Crippen molar-refractivity contribution in [3.05, 3.63) is 59.2 Å². The molecule has 110 valence electrons. The summed E-state index contributed by atoms with van der Waals surface area (Å²) in [4.78, 5) is 11.7. The molecule has 2 aromatic rings. The highest BCUT2D eigenvalue weighted by atomic mass is 16.5. The molecule has 21 heavy (non-hydrogen) atoms. The molecule has 0 aromatic heterocycles. The van der Waals surface area contributed by atoms with Crippen molar-refractivity contribution in [2.45, 2.75) is 13.5 Å². The zero-order valence-corrected chi connectivity index (χ0v) is 12.5. The van der Waals surface area contributed by atoms with Crippen LogP contribution >= 0.6 is 0 Å². The number of anilines is 1. The van der Waals surface area contributed by atoms with Gasteiger partial charge in [0, 0.05) is 6.54 Å². The van der Waals surface area contributed by atoms with Crippen LogP contribution in [0.15, 0.2) is 42.5 Å². The van der Waals surface area contributed by atoms with Gasteiger partial charge in [-0.1, -0.05) is 24.3 Å². The van der Waals surface area contributed by atoms with Gasteiger partial charge in [-0.15, -0.1) is 0 Å². The van der Waals surface area contributed by atoms with E-state index in [0.29, 0.717) is 12.1 Å². The molecule has 0 aliphatic rings. The minimum Gasteiger partial charge on any atom is -0.495 e. The Kier molecular flexibility index (Phi) is 4.82. The van der Waals surface area contributed by atoms with Crippen molar-refractivity contribution in [2.75, 3.05) is 19.5 Å². The van der Waals surface area contributed by atoms with Crippen molar-refractivity contribution >= 4 is 11.7 Å². The SMILES string of the molecule is COC(=O)c1ccccc1CNc1cc(C)ccc1OC. The first-order valence-corrected chi connectivity index (χ1v) is 6.70. The Labute approximate surface area is 124 Å². The molecule has 0 aliphatic heterocycles. The lowest BCUT2D eigenvalue weighted by molar-refractivity contribution is 0.0599. The molecule has 2 rings (SSSR count). The van der Waals surface area contributed by atoms with Gasteiger partial charge in [0.25, 0.3) is 0 Å². The number of aryl methyl sites for hydroxylation is 1. The van der Waals surface area contributed by atoms with Crippen LogP contribution in [-0.2, 0) is 11.3 Å². The number of nitrogens with one attached hydrogen (secondary N) is 1. The van der Waals surface area contributed by atoms with Gasteiger partial charge in [0.05, 0.1) is 25.5 Å². The number of rotatable bonds is 5. The second-order valence-electron chi connectivity index (χ2n) is 4.71. The molecule has 0 aliphatic carbocycles. The van der Waals surface area contributed by atoms with E-state index in [9.17, 15) is 4.79 Å². The Morgan fingerprint density at radius 1 is 1.14 bits per heavy atom. The van der Waals surface area contributed by atoms with Crippen LogP contribution in [0.2, 0.25) is 0 Å². The van der Waals surface area contributed by atoms with Crippen LogP contribution in [-0.4, -0.2) is 20.2 Å². The lowest BCUT2D eigenvalue weighted by atomic mass is 10.1. The molecule has 0 radical (unpaired) electrons. The van der Waals surface area contributed by atoms with Crippen LogP contribution in [0.1, 0.15) is 21.5 Å². The molecular weight excluding hydrogens is 266 g/mol. The van der Waals surface area contributed by atoms with Crippen molar-refractivity contribution in [1.82, 2.24) is 0 Å². The lowest BCUT2D eigenvalue weighted by Gasteiger charge is -2.13. The smallest absolute Gasteiger partial charge is 0.338 e. The summed E-state index contributed by atoms with van der Waals surface area (Å²) in [6.45, 7) is 2.54. The van der Waals surface area contributed by atoms with E-state index in [1.807, 2.05) is 43.3 Å². The summed E-state index contributed by atoms with van der Waals surface area (Å²) in [5.74, 6) is 0.444. The number of benzene rings is 2. The van der Waals surface area contributed by atoms with Crippen LogP contribution in [0, 0.1) is 6.92 Å². The molecule has 0 amide bonds. The second kappa shape index (κ2) is 6.79. The zero-order chi connectivity index (χ0) is 15.2. The number of ether oxygens (including phenoxy) is 2. The highest BCUT2D eigenvalue weighted by Crippen LogP contribution is 2.26. The summed E-state index contributed by atoms with van der Waals surface area (Å²) >= 11 is 0. The van der Waals surface area contributed by atoms with Gasteiger partial charge in [-0.3, -0.25) is 0 Å². The molecule has 0 fully saturated rings. The average molecular weight is 285 g/mol. The fourth-order valence-electron chi connectivity index (χ4n) is 2.13. The maximum Gasteiger partial charge on any atom is 0.338 e. The predicted octanol–water partition coefficient (Wildman–Crippen LogP) is 3.40. The van der Waals surface area contributed by atoms with Gasteiger partial charge in [-0.25, -0.2) is 4.79 Å². The quantitative estimate of drug-likeness (QED) is 0.855. The molecule has 1 N–H and O–H groups in total. The van der Waals surface area contributed by atoms with Crippen LogP contribution < -0.4 is 10.1 Å². The fraction of sp³-hybridized carbons (Fsp3) is 0.235. The van der Waals surface area contributed by atoms with Crippen LogP contribution in [0.4, 0.5) is 5.69 Å².